The van der Waals surface area contributed by atoms with Gasteiger partial charge in [-0.3, -0.25) is 0 Å². The van der Waals surface area contributed by atoms with Crippen molar-refractivity contribution in [3.8, 4) is 11.8 Å². The van der Waals surface area contributed by atoms with Gasteiger partial charge in [-0.1, -0.05) is 19.1 Å². The third kappa shape index (κ3) is 6.14. The van der Waals surface area contributed by atoms with E-state index < -0.39 is 0 Å². The Bertz CT molecular complexity index is 480. The number of para-hydroxylation sites is 1. The van der Waals surface area contributed by atoms with Gasteiger partial charge in [0.2, 0.25) is 0 Å². The quantitative estimate of drug-likeness (QED) is 0.699. The summed E-state index contributed by atoms with van der Waals surface area (Å²) in [6.45, 7) is 7.81. The number of nitriles is 1. The molecule has 1 N–H and O–H groups in total. The molecule has 0 heterocycles. The van der Waals surface area contributed by atoms with Crippen LogP contribution in [0.4, 0.5) is 4.39 Å². The van der Waals surface area contributed by atoms with Crippen LogP contribution in [0.25, 0.3) is 0 Å². The van der Waals surface area contributed by atoms with Crippen molar-refractivity contribution in [1.82, 2.24) is 5.32 Å². The Morgan fingerprint density at radius 3 is 2.81 bits per heavy atom. The number of hydrogen-bond donors (Lipinski definition) is 1. The van der Waals surface area contributed by atoms with E-state index in [1.807, 2.05) is 19.9 Å². The molecule has 116 valence electrons. The van der Waals surface area contributed by atoms with E-state index in [-0.39, 0.29) is 11.2 Å². The highest BCUT2D eigenvalue weighted by atomic mass is 19.1. The second-order valence-corrected chi connectivity index (χ2v) is 5.85. The minimum absolute atomic E-state index is 0.328. The normalized spacial score (nSPS) is 11.2. The summed E-state index contributed by atoms with van der Waals surface area (Å²) in [7, 11) is 0. The fourth-order valence-corrected chi connectivity index (χ4v) is 2.00. The summed E-state index contributed by atoms with van der Waals surface area (Å²) in [6, 6.07) is 7.25. The molecule has 3 nitrogen and oxygen atoms in total. The van der Waals surface area contributed by atoms with Crippen molar-refractivity contribution in [2.24, 2.45) is 5.41 Å². The maximum absolute atomic E-state index is 13.9. The zero-order valence-electron chi connectivity index (χ0n) is 13.2. The number of ether oxygens (including phenoxy) is 1. The number of nitrogens with zero attached hydrogens (tertiary/aromatic N) is 1. The van der Waals surface area contributed by atoms with Gasteiger partial charge < -0.3 is 10.1 Å². The third-order valence-electron chi connectivity index (χ3n) is 3.29. The molecule has 1 rings (SSSR count). The Morgan fingerprint density at radius 1 is 1.38 bits per heavy atom. The minimum Gasteiger partial charge on any atom is -0.490 e. The van der Waals surface area contributed by atoms with Gasteiger partial charge in [0, 0.05) is 12.1 Å². The van der Waals surface area contributed by atoms with Crippen LogP contribution in [-0.4, -0.2) is 13.2 Å². The van der Waals surface area contributed by atoms with E-state index in [0.717, 1.165) is 31.4 Å². The first-order chi connectivity index (χ1) is 10.00. The SMILES string of the molecule is CCCNCc1cccc(F)c1OCCCC(C)(C)C#N. The average Bonchev–Trinajstić information content (AvgIpc) is 2.46. The first-order valence-electron chi connectivity index (χ1n) is 7.52. The van der Waals surface area contributed by atoms with Crippen LogP contribution < -0.4 is 10.1 Å². The molecule has 0 radical (unpaired) electrons. The van der Waals surface area contributed by atoms with Gasteiger partial charge in [-0.15, -0.1) is 0 Å². The molecule has 1 aromatic rings. The van der Waals surface area contributed by atoms with E-state index in [4.69, 9.17) is 10.00 Å². The second-order valence-electron chi connectivity index (χ2n) is 5.85. The van der Waals surface area contributed by atoms with Gasteiger partial charge in [0.15, 0.2) is 11.6 Å². The van der Waals surface area contributed by atoms with Gasteiger partial charge in [0.25, 0.3) is 0 Å². The highest BCUT2D eigenvalue weighted by molar-refractivity contribution is 5.34. The molecule has 0 aliphatic rings. The number of hydrogen-bond acceptors (Lipinski definition) is 3. The molecule has 21 heavy (non-hydrogen) atoms. The predicted molar refractivity (Wildman–Crippen MR) is 82.5 cm³/mol. The van der Waals surface area contributed by atoms with Crippen LogP contribution in [0, 0.1) is 22.6 Å². The van der Waals surface area contributed by atoms with E-state index in [2.05, 4.69) is 18.3 Å². The molecule has 0 atom stereocenters. The lowest BCUT2D eigenvalue weighted by Gasteiger charge is -2.16. The van der Waals surface area contributed by atoms with Crippen molar-refractivity contribution in [2.75, 3.05) is 13.2 Å². The van der Waals surface area contributed by atoms with E-state index >= 15 is 0 Å². The Kier molecular flexibility index (Phi) is 7.18. The summed E-state index contributed by atoms with van der Waals surface area (Å²) < 4.78 is 19.5. The number of benzene rings is 1. The van der Waals surface area contributed by atoms with Crippen molar-refractivity contribution in [2.45, 2.75) is 46.6 Å². The van der Waals surface area contributed by atoms with Gasteiger partial charge in [-0.25, -0.2) is 4.39 Å². The van der Waals surface area contributed by atoms with Crippen LogP contribution in [0.5, 0.6) is 5.75 Å². The van der Waals surface area contributed by atoms with Gasteiger partial charge >= 0.3 is 0 Å². The Hall–Kier alpha value is -1.60. The number of rotatable bonds is 9. The average molecular weight is 292 g/mol. The molecule has 0 unspecified atom stereocenters. The second kappa shape index (κ2) is 8.63. The Morgan fingerprint density at radius 2 is 2.14 bits per heavy atom. The van der Waals surface area contributed by atoms with Crippen LogP contribution in [0.1, 0.15) is 45.6 Å². The molecule has 0 aliphatic heterocycles. The highest BCUT2D eigenvalue weighted by Gasteiger charge is 2.16. The zero-order chi connectivity index (χ0) is 15.7. The van der Waals surface area contributed by atoms with Crippen molar-refractivity contribution < 1.29 is 9.13 Å². The summed E-state index contributed by atoms with van der Waals surface area (Å²) in [5, 5.41) is 12.2. The van der Waals surface area contributed by atoms with Crippen LogP contribution >= 0.6 is 0 Å². The molecule has 0 saturated heterocycles. The maximum Gasteiger partial charge on any atom is 0.165 e. The molecule has 0 spiro atoms. The molecule has 0 bridgehead atoms. The fourth-order valence-electron chi connectivity index (χ4n) is 2.00. The largest absolute Gasteiger partial charge is 0.490 e. The van der Waals surface area contributed by atoms with Crippen molar-refractivity contribution >= 4 is 0 Å². The van der Waals surface area contributed by atoms with Crippen molar-refractivity contribution in [3.63, 3.8) is 0 Å². The smallest absolute Gasteiger partial charge is 0.165 e. The van der Waals surface area contributed by atoms with Crippen LogP contribution in [-0.2, 0) is 6.54 Å². The molecule has 0 amide bonds. The number of nitrogens with one attached hydrogen (secondary N) is 1. The van der Waals surface area contributed by atoms with Crippen molar-refractivity contribution in [3.05, 3.63) is 29.6 Å². The van der Waals surface area contributed by atoms with Crippen LogP contribution in [0.2, 0.25) is 0 Å². The lowest BCUT2D eigenvalue weighted by atomic mass is 9.90. The molecular weight excluding hydrogens is 267 g/mol. The van der Waals surface area contributed by atoms with E-state index in [1.165, 1.54) is 6.07 Å². The summed E-state index contributed by atoms with van der Waals surface area (Å²) in [5.41, 5.74) is 0.479. The maximum atomic E-state index is 13.9. The molecule has 0 aliphatic carbocycles. The minimum atomic E-state index is -0.357. The molecule has 0 fully saturated rings. The topological polar surface area (TPSA) is 45.0 Å². The summed E-state index contributed by atoms with van der Waals surface area (Å²) >= 11 is 0. The first-order valence-corrected chi connectivity index (χ1v) is 7.52. The van der Waals surface area contributed by atoms with Crippen LogP contribution in [0.3, 0.4) is 0 Å². The molecule has 0 saturated carbocycles. The molecule has 1 aromatic carbocycles. The van der Waals surface area contributed by atoms with Gasteiger partial charge in [0.05, 0.1) is 18.1 Å². The van der Waals surface area contributed by atoms with Gasteiger partial charge in [-0.05, 0) is 45.7 Å². The zero-order valence-corrected chi connectivity index (χ0v) is 13.2. The fraction of sp³-hybridized carbons (Fsp3) is 0.588. The third-order valence-corrected chi connectivity index (χ3v) is 3.29. The predicted octanol–water partition coefficient (Wildman–Crippen LogP) is 4.03. The van der Waals surface area contributed by atoms with E-state index in [9.17, 15) is 4.39 Å². The first kappa shape index (κ1) is 17.5. The van der Waals surface area contributed by atoms with E-state index in [0.29, 0.717) is 18.9 Å². The monoisotopic (exact) mass is 292 g/mol. The van der Waals surface area contributed by atoms with E-state index in [1.54, 1.807) is 6.07 Å². The lowest BCUT2D eigenvalue weighted by Crippen LogP contribution is -2.16. The number of halogens is 1. The summed E-state index contributed by atoms with van der Waals surface area (Å²) in [5.74, 6) is 0.00112. The molecule has 4 heteroatoms. The summed E-state index contributed by atoms with van der Waals surface area (Å²) in [4.78, 5) is 0. The van der Waals surface area contributed by atoms with Crippen molar-refractivity contribution in [1.29, 1.82) is 5.26 Å². The van der Waals surface area contributed by atoms with Gasteiger partial charge in [0.1, 0.15) is 0 Å². The molecule has 0 aromatic heterocycles. The Labute approximate surface area is 127 Å². The summed E-state index contributed by atoms with van der Waals surface area (Å²) in [6.07, 6.45) is 2.51. The van der Waals surface area contributed by atoms with Crippen LogP contribution in [0.15, 0.2) is 18.2 Å². The van der Waals surface area contributed by atoms with Gasteiger partial charge in [-0.2, -0.15) is 5.26 Å². The Balaban J connectivity index is 2.55. The standard InChI is InChI=1S/C17H25FN2O/c1-4-10-20-12-14-7-5-8-15(18)16(14)21-11-6-9-17(2,3)13-19/h5,7-8,20H,4,6,9-12H2,1-3H3. The molecular formula is C17H25FN2O. The lowest BCUT2D eigenvalue weighted by molar-refractivity contribution is 0.270. The highest BCUT2D eigenvalue weighted by Crippen LogP contribution is 2.24.